The maximum absolute atomic E-state index is 13.5. The highest BCUT2D eigenvalue weighted by Gasteiger charge is 2.46. The first kappa shape index (κ1) is 19.3. The van der Waals surface area contributed by atoms with Crippen LogP contribution in [-0.2, 0) is 15.1 Å². The number of rotatable bonds is 2. The van der Waals surface area contributed by atoms with E-state index in [0.29, 0.717) is 20.3 Å². The number of hydrogen-bond donors (Lipinski definition) is 1. The van der Waals surface area contributed by atoms with E-state index in [1.807, 2.05) is 0 Å². The maximum Gasteiger partial charge on any atom is 0.126 e. The molecule has 2 N–H and O–H groups in total. The molecule has 0 spiro atoms. The average Bonchev–Trinajstić information content (AvgIpc) is 2.87. The molecule has 0 amide bonds. The molecular weight excluding hydrogens is 398 g/mol. The number of amidine groups is 1. The van der Waals surface area contributed by atoms with E-state index >= 15 is 0 Å². The van der Waals surface area contributed by atoms with Crippen molar-refractivity contribution in [1.82, 2.24) is 0 Å². The van der Waals surface area contributed by atoms with Crippen molar-refractivity contribution >= 4 is 44.2 Å². The Bertz CT molecular complexity index is 1010. The lowest BCUT2D eigenvalue weighted by Crippen LogP contribution is -2.54. The lowest BCUT2D eigenvalue weighted by atomic mass is 10.0. The molecule has 0 aliphatic carbocycles. The van der Waals surface area contributed by atoms with Crippen LogP contribution in [0.1, 0.15) is 25.6 Å². The van der Waals surface area contributed by atoms with Crippen molar-refractivity contribution in [1.29, 1.82) is 0 Å². The van der Waals surface area contributed by atoms with Gasteiger partial charge in [-0.2, -0.15) is 0 Å². The van der Waals surface area contributed by atoms with Gasteiger partial charge in [0.05, 0.1) is 14.6 Å². The fourth-order valence-electron chi connectivity index (χ4n) is 2.95. The molecule has 0 fully saturated rings. The van der Waals surface area contributed by atoms with Gasteiger partial charge in [-0.15, -0.1) is 11.3 Å². The average molecular weight is 417 g/mol. The van der Waals surface area contributed by atoms with Crippen LogP contribution in [0.2, 0.25) is 5.02 Å². The van der Waals surface area contributed by atoms with E-state index in [0.717, 1.165) is 6.07 Å². The number of nitrogens with zero attached hydrogens (tertiary/aromatic N) is 1. The van der Waals surface area contributed by atoms with Crippen molar-refractivity contribution in [2.75, 3.05) is 5.75 Å². The molecule has 2 atom stereocenters. The summed E-state index contributed by atoms with van der Waals surface area (Å²) in [6, 6.07) is 4.93. The van der Waals surface area contributed by atoms with Crippen LogP contribution in [0.4, 0.5) is 8.78 Å². The molecule has 1 aromatic heterocycles. The number of thiophene rings is 1. The SMILES string of the molecule is C=S1(=O)C[C@@](C)(c2sc(-c3cc(F)cc(F)c3)cc2Cl)N=C(N)C1(C)C. The molecule has 1 aliphatic rings. The smallest absolute Gasteiger partial charge is 0.126 e. The van der Waals surface area contributed by atoms with Gasteiger partial charge in [-0.1, -0.05) is 11.6 Å². The van der Waals surface area contributed by atoms with Crippen LogP contribution in [0.5, 0.6) is 0 Å². The van der Waals surface area contributed by atoms with Gasteiger partial charge in [0.2, 0.25) is 0 Å². The van der Waals surface area contributed by atoms with Gasteiger partial charge in [-0.3, -0.25) is 9.20 Å². The van der Waals surface area contributed by atoms with Gasteiger partial charge in [0.15, 0.2) is 0 Å². The van der Waals surface area contributed by atoms with Crippen LogP contribution in [0.15, 0.2) is 29.3 Å². The molecule has 0 bridgehead atoms. The van der Waals surface area contributed by atoms with E-state index in [1.165, 1.54) is 23.5 Å². The Labute approximate surface area is 160 Å². The number of nitrogens with two attached hydrogens (primary N) is 1. The summed E-state index contributed by atoms with van der Waals surface area (Å²) < 4.78 is 39.4. The van der Waals surface area contributed by atoms with Crippen LogP contribution >= 0.6 is 22.9 Å². The fraction of sp³-hybridized carbons (Fsp3) is 0.333. The van der Waals surface area contributed by atoms with E-state index < -0.39 is 31.4 Å². The second-order valence-corrected chi connectivity index (χ2v) is 11.6. The summed E-state index contributed by atoms with van der Waals surface area (Å²) in [5.74, 6) is 3.01. The molecular formula is C18H19ClF2N2OS2. The summed E-state index contributed by atoms with van der Waals surface area (Å²) in [6.45, 7) is 5.32. The molecule has 8 heteroatoms. The summed E-state index contributed by atoms with van der Waals surface area (Å²) in [5, 5.41) is 0.392. The minimum atomic E-state index is -2.58. The predicted molar refractivity (Wildman–Crippen MR) is 108 cm³/mol. The molecule has 1 aromatic carbocycles. The first-order chi connectivity index (χ1) is 11.9. The molecule has 2 heterocycles. The van der Waals surface area contributed by atoms with Crippen molar-refractivity contribution in [3.8, 4) is 10.4 Å². The van der Waals surface area contributed by atoms with Gasteiger partial charge < -0.3 is 5.73 Å². The summed E-state index contributed by atoms with van der Waals surface area (Å²) in [7, 11) is -2.58. The second-order valence-electron chi connectivity index (χ2n) is 7.18. The van der Waals surface area contributed by atoms with Crippen LogP contribution in [0, 0.1) is 11.6 Å². The monoisotopic (exact) mass is 416 g/mol. The zero-order valence-electron chi connectivity index (χ0n) is 14.6. The zero-order chi connectivity index (χ0) is 19.5. The van der Waals surface area contributed by atoms with Crippen molar-refractivity contribution in [3.05, 3.63) is 45.8 Å². The van der Waals surface area contributed by atoms with E-state index in [1.54, 1.807) is 26.8 Å². The minimum absolute atomic E-state index is 0.185. The van der Waals surface area contributed by atoms with Crippen LogP contribution < -0.4 is 5.73 Å². The van der Waals surface area contributed by atoms with Gasteiger partial charge in [0.25, 0.3) is 0 Å². The van der Waals surface area contributed by atoms with E-state index in [-0.39, 0.29) is 11.6 Å². The Kier molecular flexibility index (Phi) is 4.49. The Morgan fingerprint density at radius 2 is 1.81 bits per heavy atom. The Hall–Kier alpha value is -1.44. The van der Waals surface area contributed by atoms with Gasteiger partial charge in [0, 0.05) is 16.7 Å². The fourth-order valence-corrected chi connectivity index (χ4v) is 6.56. The van der Waals surface area contributed by atoms with Crippen LogP contribution in [0.3, 0.4) is 0 Å². The topological polar surface area (TPSA) is 55.5 Å². The molecule has 0 saturated carbocycles. The Morgan fingerprint density at radius 3 is 2.35 bits per heavy atom. The van der Waals surface area contributed by atoms with Gasteiger partial charge >= 0.3 is 0 Å². The summed E-state index contributed by atoms with van der Waals surface area (Å²) >= 11 is 7.67. The number of halogens is 3. The highest BCUT2D eigenvalue weighted by Crippen LogP contribution is 2.45. The van der Waals surface area contributed by atoms with Crippen molar-refractivity contribution in [2.24, 2.45) is 10.7 Å². The Morgan fingerprint density at radius 1 is 1.23 bits per heavy atom. The molecule has 2 aromatic rings. The number of hydrogen-bond acceptors (Lipinski definition) is 4. The van der Waals surface area contributed by atoms with E-state index in [9.17, 15) is 13.0 Å². The molecule has 140 valence electrons. The lowest BCUT2D eigenvalue weighted by Gasteiger charge is -2.40. The lowest BCUT2D eigenvalue weighted by molar-refractivity contribution is 0.543. The first-order valence-corrected chi connectivity index (χ1v) is 10.9. The second kappa shape index (κ2) is 6.04. The summed E-state index contributed by atoms with van der Waals surface area (Å²) in [6.07, 6.45) is 0. The van der Waals surface area contributed by atoms with Crippen molar-refractivity contribution < 1.29 is 13.0 Å². The highest BCUT2D eigenvalue weighted by molar-refractivity contribution is 8.02. The predicted octanol–water partition coefficient (Wildman–Crippen LogP) is 4.43. The Balaban J connectivity index is 2.14. The number of benzene rings is 1. The highest BCUT2D eigenvalue weighted by atomic mass is 35.5. The largest absolute Gasteiger partial charge is 0.386 e. The van der Waals surface area contributed by atoms with Crippen LogP contribution in [0.25, 0.3) is 10.4 Å². The summed E-state index contributed by atoms with van der Waals surface area (Å²) in [4.78, 5) is 5.83. The molecule has 0 radical (unpaired) electrons. The first-order valence-electron chi connectivity index (χ1n) is 7.82. The molecule has 3 rings (SSSR count). The third-order valence-corrected chi connectivity index (χ3v) is 9.70. The molecule has 0 saturated heterocycles. The van der Waals surface area contributed by atoms with Gasteiger partial charge in [0.1, 0.15) is 23.0 Å². The summed E-state index contributed by atoms with van der Waals surface area (Å²) in [5.41, 5.74) is 5.57. The van der Waals surface area contributed by atoms with Gasteiger partial charge in [-0.05, 0) is 59.9 Å². The minimum Gasteiger partial charge on any atom is -0.386 e. The maximum atomic E-state index is 13.5. The van der Waals surface area contributed by atoms with Crippen molar-refractivity contribution in [3.63, 3.8) is 0 Å². The third kappa shape index (κ3) is 3.06. The molecule has 3 nitrogen and oxygen atoms in total. The standard InChI is InChI=1S/C18H19ClF2N2OS2/c1-17(2)16(22)23-18(3,9-26(17,4)24)15-13(19)8-14(25-15)10-5-11(20)7-12(21)6-10/h5-8H,4,9H2,1-3H3,(H2,22,23)/t18-,26?/m0/s1. The quantitative estimate of drug-likeness (QED) is 0.736. The molecule has 1 unspecified atom stereocenters. The third-order valence-electron chi connectivity index (χ3n) is 4.75. The van der Waals surface area contributed by atoms with Crippen LogP contribution in [-0.4, -0.2) is 26.4 Å². The zero-order valence-corrected chi connectivity index (χ0v) is 17.0. The van der Waals surface area contributed by atoms with Crippen molar-refractivity contribution in [2.45, 2.75) is 31.1 Å². The van der Waals surface area contributed by atoms with Gasteiger partial charge in [-0.25, -0.2) is 8.78 Å². The van der Waals surface area contributed by atoms with E-state index in [2.05, 4.69) is 10.9 Å². The number of aliphatic imine (C=N–C) groups is 1. The van der Waals surface area contributed by atoms with E-state index in [4.69, 9.17) is 17.3 Å². The molecule has 26 heavy (non-hydrogen) atoms. The molecule has 1 aliphatic heterocycles. The normalized spacial score (nSPS) is 28.0.